The molecule has 0 bridgehead atoms. The molecule has 0 heterocycles. The fraction of sp³-hybridized carbons (Fsp3) is 0.571. The molecule has 0 saturated heterocycles. The summed E-state index contributed by atoms with van der Waals surface area (Å²) in [5, 5.41) is 3.84. The van der Waals surface area contributed by atoms with E-state index in [1.165, 1.54) is 54.1 Å². The van der Waals surface area contributed by atoms with Crippen LogP contribution in [0.25, 0.3) is 0 Å². The molecule has 1 nitrogen and oxygen atoms in total. The van der Waals surface area contributed by atoms with Crippen LogP contribution < -0.4 is 5.32 Å². The van der Waals surface area contributed by atoms with E-state index in [9.17, 15) is 0 Å². The molecule has 2 aliphatic rings. The minimum atomic E-state index is 0.607. The van der Waals surface area contributed by atoms with Crippen LogP contribution >= 0.6 is 15.9 Å². The molecule has 0 aliphatic heterocycles. The van der Waals surface area contributed by atoms with Crippen LogP contribution in [-0.2, 0) is 6.42 Å². The molecule has 2 aliphatic carbocycles. The molecule has 3 rings (SSSR count). The van der Waals surface area contributed by atoms with Crippen LogP contribution in [0.5, 0.6) is 0 Å². The van der Waals surface area contributed by atoms with Crippen molar-refractivity contribution in [2.45, 2.75) is 50.6 Å². The average Bonchev–Trinajstić information content (AvgIpc) is 2.90. The second-order valence-corrected chi connectivity index (χ2v) is 5.90. The van der Waals surface area contributed by atoms with E-state index >= 15 is 0 Å². The van der Waals surface area contributed by atoms with Gasteiger partial charge in [0.1, 0.15) is 0 Å². The molecule has 1 atom stereocenters. The Morgan fingerprint density at radius 2 is 1.94 bits per heavy atom. The third-order valence-electron chi connectivity index (χ3n) is 4.01. The highest BCUT2D eigenvalue weighted by molar-refractivity contribution is 9.10. The zero-order chi connectivity index (χ0) is 11.0. The molecule has 1 fully saturated rings. The van der Waals surface area contributed by atoms with Gasteiger partial charge in [-0.15, -0.1) is 0 Å². The highest BCUT2D eigenvalue weighted by Gasteiger charge is 2.26. The topological polar surface area (TPSA) is 12.0 Å². The first kappa shape index (κ1) is 10.8. The van der Waals surface area contributed by atoms with Crippen LogP contribution in [0.1, 0.15) is 49.3 Å². The number of hydrogen-bond acceptors (Lipinski definition) is 1. The van der Waals surface area contributed by atoms with E-state index in [1.807, 2.05) is 0 Å². The Bertz CT molecular complexity index is 382. The number of nitrogens with one attached hydrogen (secondary N) is 1. The predicted octanol–water partition coefficient (Wildman–Crippen LogP) is 3.97. The molecule has 1 aromatic rings. The van der Waals surface area contributed by atoms with Gasteiger partial charge in [-0.05, 0) is 42.9 Å². The Morgan fingerprint density at radius 3 is 2.75 bits per heavy atom. The van der Waals surface area contributed by atoms with E-state index in [2.05, 4.69) is 39.4 Å². The van der Waals surface area contributed by atoms with Gasteiger partial charge in [-0.2, -0.15) is 0 Å². The van der Waals surface area contributed by atoms with Crippen LogP contribution in [0.3, 0.4) is 0 Å². The van der Waals surface area contributed by atoms with Gasteiger partial charge in [0.15, 0.2) is 0 Å². The predicted molar refractivity (Wildman–Crippen MR) is 70.6 cm³/mol. The number of fused-ring (bicyclic) bond motifs is 1. The third kappa shape index (κ3) is 1.93. The third-order valence-corrected chi connectivity index (χ3v) is 4.75. The summed E-state index contributed by atoms with van der Waals surface area (Å²) in [5.41, 5.74) is 3.05. The lowest BCUT2D eigenvalue weighted by atomic mass is 10.1. The van der Waals surface area contributed by atoms with Crippen LogP contribution in [0.15, 0.2) is 22.7 Å². The van der Waals surface area contributed by atoms with Gasteiger partial charge in [0.05, 0.1) is 0 Å². The molecular weight excluding hydrogens is 262 g/mol. The summed E-state index contributed by atoms with van der Waals surface area (Å²) in [7, 11) is 0. The lowest BCUT2D eigenvalue weighted by Crippen LogP contribution is -2.29. The van der Waals surface area contributed by atoms with Crippen molar-refractivity contribution >= 4 is 15.9 Å². The summed E-state index contributed by atoms with van der Waals surface area (Å²) in [5.74, 6) is 0. The van der Waals surface area contributed by atoms with Crippen molar-refractivity contribution in [1.82, 2.24) is 5.32 Å². The van der Waals surface area contributed by atoms with Crippen molar-refractivity contribution < 1.29 is 0 Å². The minimum absolute atomic E-state index is 0.607. The van der Waals surface area contributed by atoms with Gasteiger partial charge < -0.3 is 5.32 Å². The molecular formula is C14H18BrN. The zero-order valence-corrected chi connectivity index (χ0v) is 11.1. The Balaban J connectivity index is 1.78. The molecule has 0 aromatic heterocycles. The van der Waals surface area contributed by atoms with E-state index in [1.54, 1.807) is 0 Å². The van der Waals surface area contributed by atoms with Gasteiger partial charge in [0.2, 0.25) is 0 Å². The maximum absolute atomic E-state index is 3.84. The standard InChI is InChI=1S/C14H18BrN/c15-13-7-3-6-12-11(13)8-9-14(12)16-10-4-1-2-5-10/h3,6-7,10,14,16H,1-2,4-5,8-9H2. The molecule has 2 heteroatoms. The fourth-order valence-corrected chi connectivity index (χ4v) is 3.74. The molecule has 1 aromatic carbocycles. The SMILES string of the molecule is Brc1cccc2c1CCC2NC1CCCC1. The van der Waals surface area contributed by atoms with Crippen LogP contribution in [-0.4, -0.2) is 6.04 Å². The van der Waals surface area contributed by atoms with Gasteiger partial charge in [-0.3, -0.25) is 0 Å². The van der Waals surface area contributed by atoms with E-state index in [0.29, 0.717) is 6.04 Å². The summed E-state index contributed by atoms with van der Waals surface area (Å²) in [6, 6.07) is 8.00. The maximum atomic E-state index is 3.84. The highest BCUT2D eigenvalue weighted by atomic mass is 79.9. The van der Waals surface area contributed by atoms with Gasteiger partial charge in [-0.25, -0.2) is 0 Å². The van der Waals surface area contributed by atoms with Gasteiger partial charge in [0, 0.05) is 16.6 Å². The van der Waals surface area contributed by atoms with E-state index < -0.39 is 0 Å². The first-order valence-corrected chi connectivity index (χ1v) is 7.17. The minimum Gasteiger partial charge on any atom is -0.307 e. The monoisotopic (exact) mass is 279 g/mol. The van der Waals surface area contributed by atoms with Crippen molar-refractivity contribution in [3.63, 3.8) is 0 Å². The molecule has 0 spiro atoms. The lowest BCUT2D eigenvalue weighted by molar-refractivity contribution is 0.438. The highest BCUT2D eigenvalue weighted by Crippen LogP contribution is 2.36. The second-order valence-electron chi connectivity index (χ2n) is 5.05. The van der Waals surface area contributed by atoms with Gasteiger partial charge in [-0.1, -0.05) is 40.9 Å². The number of halogens is 1. The van der Waals surface area contributed by atoms with E-state index in [0.717, 1.165) is 6.04 Å². The van der Waals surface area contributed by atoms with Gasteiger partial charge in [0.25, 0.3) is 0 Å². The number of benzene rings is 1. The Hall–Kier alpha value is -0.340. The summed E-state index contributed by atoms with van der Waals surface area (Å²) in [4.78, 5) is 0. The molecule has 1 saturated carbocycles. The van der Waals surface area contributed by atoms with E-state index in [4.69, 9.17) is 0 Å². The molecule has 16 heavy (non-hydrogen) atoms. The normalized spacial score (nSPS) is 24.9. The summed E-state index contributed by atoms with van der Waals surface area (Å²) < 4.78 is 1.29. The van der Waals surface area contributed by atoms with Crippen molar-refractivity contribution in [1.29, 1.82) is 0 Å². The van der Waals surface area contributed by atoms with Crippen LogP contribution in [0, 0.1) is 0 Å². The number of hydrogen-bond donors (Lipinski definition) is 1. The largest absolute Gasteiger partial charge is 0.307 e. The van der Waals surface area contributed by atoms with Crippen LogP contribution in [0.2, 0.25) is 0 Å². The Labute approximate surface area is 106 Å². The molecule has 0 radical (unpaired) electrons. The molecule has 86 valence electrons. The van der Waals surface area contributed by atoms with Crippen molar-refractivity contribution in [2.75, 3.05) is 0 Å². The second kappa shape index (κ2) is 4.50. The number of rotatable bonds is 2. The first-order valence-electron chi connectivity index (χ1n) is 6.38. The first-order chi connectivity index (χ1) is 7.84. The van der Waals surface area contributed by atoms with Crippen LogP contribution in [0.4, 0.5) is 0 Å². The van der Waals surface area contributed by atoms with Crippen molar-refractivity contribution in [3.05, 3.63) is 33.8 Å². The van der Waals surface area contributed by atoms with Crippen molar-refractivity contribution in [3.8, 4) is 0 Å². The van der Waals surface area contributed by atoms with Gasteiger partial charge >= 0.3 is 0 Å². The quantitative estimate of drug-likeness (QED) is 0.864. The average molecular weight is 280 g/mol. The maximum Gasteiger partial charge on any atom is 0.0328 e. The Morgan fingerprint density at radius 1 is 1.12 bits per heavy atom. The summed E-state index contributed by atoms with van der Waals surface area (Å²) in [6.45, 7) is 0. The molecule has 1 N–H and O–H groups in total. The lowest BCUT2D eigenvalue weighted by Gasteiger charge is -2.19. The Kier molecular flexibility index (Phi) is 3.03. The van der Waals surface area contributed by atoms with Crippen molar-refractivity contribution in [2.24, 2.45) is 0 Å². The smallest absolute Gasteiger partial charge is 0.0328 e. The molecule has 1 unspecified atom stereocenters. The summed E-state index contributed by atoms with van der Waals surface area (Å²) in [6.07, 6.45) is 8.07. The summed E-state index contributed by atoms with van der Waals surface area (Å²) >= 11 is 3.66. The molecule has 0 amide bonds. The zero-order valence-electron chi connectivity index (χ0n) is 9.51. The van der Waals surface area contributed by atoms with E-state index in [-0.39, 0.29) is 0 Å². The fourth-order valence-electron chi connectivity index (χ4n) is 3.16.